The smallest absolute Gasteiger partial charge is 0.270 e. The second-order valence-electron chi connectivity index (χ2n) is 4.87. The van der Waals surface area contributed by atoms with Crippen LogP contribution in [-0.4, -0.2) is 16.9 Å². The summed E-state index contributed by atoms with van der Waals surface area (Å²) in [5, 5.41) is 3.66. The van der Waals surface area contributed by atoms with E-state index in [4.69, 9.17) is 11.6 Å². The summed E-state index contributed by atoms with van der Waals surface area (Å²) in [5.41, 5.74) is 2.38. The highest BCUT2D eigenvalue weighted by Crippen LogP contribution is 2.12. The molecule has 0 aliphatic carbocycles. The van der Waals surface area contributed by atoms with Crippen molar-refractivity contribution in [2.24, 2.45) is 0 Å². The van der Waals surface area contributed by atoms with Crippen molar-refractivity contribution in [3.8, 4) is 0 Å². The molecule has 3 nitrogen and oxygen atoms in total. The number of benzene rings is 1. The van der Waals surface area contributed by atoms with E-state index < -0.39 is 0 Å². The van der Waals surface area contributed by atoms with E-state index in [2.05, 4.69) is 10.3 Å². The molecule has 1 unspecified atom stereocenters. The first-order valence-corrected chi connectivity index (χ1v) is 6.91. The third kappa shape index (κ3) is 4.07. The summed E-state index contributed by atoms with van der Waals surface area (Å²) >= 11 is 5.95. The number of carbonyl (C=O) groups is 1. The Labute approximate surface area is 124 Å². The van der Waals surface area contributed by atoms with Gasteiger partial charge in [0.1, 0.15) is 5.69 Å². The fraction of sp³-hybridized carbons (Fsp3) is 0.250. The molecule has 1 aromatic carbocycles. The SMILES string of the molecule is Cc1cccc(C(=O)NC(C)Cc2cccc(Cl)c2)n1. The highest BCUT2D eigenvalue weighted by atomic mass is 35.5. The van der Waals surface area contributed by atoms with Gasteiger partial charge in [-0.3, -0.25) is 4.79 Å². The molecule has 20 heavy (non-hydrogen) atoms. The van der Waals surface area contributed by atoms with E-state index in [1.807, 2.05) is 50.2 Å². The van der Waals surface area contributed by atoms with Gasteiger partial charge in [0, 0.05) is 16.8 Å². The van der Waals surface area contributed by atoms with Crippen LogP contribution in [0.25, 0.3) is 0 Å². The Balaban J connectivity index is 1.97. The molecule has 1 heterocycles. The molecule has 4 heteroatoms. The van der Waals surface area contributed by atoms with Crippen molar-refractivity contribution in [1.82, 2.24) is 10.3 Å². The van der Waals surface area contributed by atoms with E-state index in [9.17, 15) is 4.79 Å². The standard InChI is InChI=1S/C16H17ClN2O/c1-11-5-3-8-15(18-11)16(20)19-12(2)9-13-6-4-7-14(17)10-13/h3-8,10,12H,9H2,1-2H3,(H,19,20). The lowest BCUT2D eigenvalue weighted by molar-refractivity contribution is 0.0935. The number of aromatic nitrogens is 1. The predicted molar refractivity (Wildman–Crippen MR) is 81.1 cm³/mol. The number of aryl methyl sites for hydroxylation is 1. The fourth-order valence-corrected chi connectivity index (χ4v) is 2.25. The number of nitrogens with one attached hydrogen (secondary N) is 1. The number of amides is 1. The third-order valence-corrected chi connectivity index (χ3v) is 3.16. The Morgan fingerprint density at radius 1 is 1.30 bits per heavy atom. The van der Waals surface area contributed by atoms with Gasteiger partial charge in [0.15, 0.2) is 0 Å². The lowest BCUT2D eigenvalue weighted by Crippen LogP contribution is -2.34. The number of hydrogen-bond acceptors (Lipinski definition) is 2. The van der Waals surface area contributed by atoms with Crippen molar-refractivity contribution in [2.45, 2.75) is 26.3 Å². The third-order valence-electron chi connectivity index (χ3n) is 2.93. The fourth-order valence-electron chi connectivity index (χ4n) is 2.04. The van der Waals surface area contributed by atoms with Crippen molar-refractivity contribution < 1.29 is 4.79 Å². The van der Waals surface area contributed by atoms with Crippen LogP contribution in [0, 0.1) is 6.92 Å². The van der Waals surface area contributed by atoms with Crippen molar-refractivity contribution in [3.63, 3.8) is 0 Å². The summed E-state index contributed by atoms with van der Waals surface area (Å²) in [6, 6.07) is 13.1. The minimum atomic E-state index is -0.150. The lowest BCUT2D eigenvalue weighted by Gasteiger charge is -2.14. The zero-order valence-electron chi connectivity index (χ0n) is 11.6. The quantitative estimate of drug-likeness (QED) is 0.937. The molecule has 0 bridgehead atoms. The summed E-state index contributed by atoms with van der Waals surface area (Å²) in [4.78, 5) is 16.3. The maximum Gasteiger partial charge on any atom is 0.270 e. The Hall–Kier alpha value is -1.87. The molecule has 1 aromatic heterocycles. The van der Waals surface area contributed by atoms with Crippen molar-refractivity contribution in [3.05, 3.63) is 64.4 Å². The molecule has 0 radical (unpaired) electrons. The zero-order valence-corrected chi connectivity index (χ0v) is 12.3. The molecular weight excluding hydrogens is 272 g/mol. The van der Waals surface area contributed by atoms with E-state index in [0.29, 0.717) is 10.7 Å². The number of carbonyl (C=O) groups excluding carboxylic acids is 1. The molecule has 104 valence electrons. The van der Waals surface area contributed by atoms with Crippen LogP contribution in [0.15, 0.2) is 42.5 Å². The minimum Gasteiger partial charge on any atom is -0.348 e. The average Bonchev–Trinajstić information content (AvgIpc) is 2.38. The van der Waals surface area contributed by atoms with Gasteiger partial charge in [-0.1, -0.05) is 29.8 Å². The van der Waals surface area contributed by atoms with Crippen LogP contribution in [0.3, 0.4) is 0 Å². The summed E-state index contributed by atoms with van der Waals surface area (Å²) in [6.07, 6.45) is 0.734. The first-order valence-electron chi connectivity index (χ1n) is 6.53. The van der Waals surface area contributed by atoms with Gasteiger partial charge in [-0.25, -0.2) is 4.98 Å². The molecule has 0 aliphatic rings. The molecule has 1 atom stereocenters. The van der Waals surface area contributed by atoms with E-state index in [0.717, 1.165) is 17.7 Å². The highest BCUT2D eigenvalue weighted by molar-refractivity contribution is 6.30. The Kier molecular flexibility index (Phi) is 4.74. The predicted octanol–water partition coefficient (Wildman–Crippen LogP) is 3.40. The van der Waals surface area contributed by atoms with Gasteiger partial charge in [-0.05, 0) is 50.1 Å². The van der Waals surface area contributed by atoms with Crippen LogP contribution in [0.4, 0.5) is 0 Å². The molecule has 2 aromatic rings. The van der Waals surface area contributed by atoms with E-state index in [1.165, 1.54) is 0 Å². The summed E-state index contributed by atoms with van der Waals surface area (Å²) < 4.78 is 0. The lowest BCUT2D eigenvalue weighted by atomic mass is 10.1. The number of pyridine rings is 1. The van der Waals surface area contributed by atoms with E-state index in [-0.39, 0.29) is 11.9 Å². The topological polar surface area (TPSA) is 42.0 Å². The van der Waals surface area contributed by atoms with Gasteiger partial charge in [0.2, 0.25) is 0 Å². The van der Waals surface area contributed by atoms with Gasteiger partial charge < -0.3 is 5.32 Å². The minimum absolute atomic E-state index is 0.0169. The Bertz CT molecular complexity index is 613. The zero-order chi connectivity index (χ0) is 14.5. The van der Waals surface area contributed by atoms with Gasteiger partial charge in [-0.2, -0.15) is 0 Å². The van der Waals surface area contributed by atoms with Gasteiger partial charge in [0.25, 0.3) is 5.91 Å². The van der Waals surface area contributed by atoms with E-state index in [1.54, 1.807) is 6.07 Å². The van der Waals surface area contributed by atoms with Crippen LogP contribution < -0.4 is 5.32 Å². The number of nitrogens with zero attached hydrogens (tertiary/aromatic N) is 1. The molecule has 0 aliphatic heterocycles. The second kappa shape index (κ2) is 6.53. The maximum atomic E-state index is 12.1. The highest BCUT2D eigenvalue weighted by Gasteiger charge is 2.11. The van der Waals surface area contributed by atoms with Crippen LogP contribution in [-0.2, 0) is 6.42 Å². The summed E-state index contributed by atoms with van der Waals surface area (Å²) in [6.45, 7) is 3.83. The maximum absolute atomic E-state index is 12.1. The van der Waals surface area contributed by atoms with Gasteiger partial charge in [0.05, 0.1) is 0 Å². The van der Waals surface area contributed by atoms with E-state index >= 15 is 0 Å². The molecule has 1 N–H and O–H groups in total. The first kappa shape index (κ1) is 14.5. The van der Waals surface area contributed by atoms with Crippen LogP contribution in [0.5, 0.6) is 0 Å². The Morgan fingerprint density at radius 2 is 2.05 bits per heavy atom. The monoisotopic (exact) mass is 288 g/mol. The van der Waals surface area contributed by atoms with Gasteiger partial charge in [-0.15, -0.1) is 0 Å². The van der Waals surface area contributed by atoms with Crippen molar-refractivity contribution >= 4 is 17.5 Å². The molecular formula is C16H17ClN2O. The molecule has 0 saturated carbocycles. The average molecular weight is 289 g/mol. The molecule has 1 amide bonds. The van der Waals surface area contributed by atoms with Crippen LogP contribution >= 0.6 is 11.6 Å². The van der Waals surface area contributed by atoms with Crippen molar-refractivity contribution in [2.75, 3.05) is 0 Å². The number of halogens is 1. The molecule has 0 saturated heterocycles. The molecule has 2 rings (SSSR count). The summed E-state index contributed by atoms with van der Waals surface area (Å²) in [5.74, 6) is -0.150. The largest absolute Gasteiger partial charge is 0.348 e. The van der Waals surface area contributed by atoms with Crippen LogP contribution in [0.2, 0.25) is 5.02 Å². The number of rotatable bonds is 4. The second-order valence-corrected chi connectivity index (χ2v) is 5.31. The van der Waals surface area contributed by atoms with Crippen molar-refractivity contribution in [1.29, 1.82) is 0 Å². The number of hydrogen-bond donors (Lipinski definition) is 1. The van der Waals surface area contributed by atoms with Crippen LogP contribution in [0.1, 0.15) is 28.7 Å². The Morgan fingerprint density at radius 3 is 2.75 bits per heavy atom. The first-order chi connectivity index (χ1) is 9.54. The molecule has 0 fully saturated rings. The molecule has 0 spiro atoms. The normalized spacial score (nSPS) is 11.9. The summed E-state index contributed by atoms with van der Waals surface area (Å²) in [7, 11) is 0. The van der Waals surface area contributed by atoms with Gasteiger partial charge >= 0.3 is 0 Å².